The van der Waals surface area contributed by atoms with Crippen LogP contribution in [0.1, 0.15) is 29.7 Å². The molecule has 0 bridgehead atoms. The van der Waals surface area contributed by atoms with Crippen LogP contribution in [0.5, 0.6) is 0 Å². The normalized spacial score (nSPS) is 13.9. The van der Waals surface area contributed by atoms with Crippen molar-refractivity contribution in [3.05, 3.63) is 70.5 Å². The minimum absolute atomic E-state index is 0.0145. The second kappa shape index (κ2) is 7.83. The molecule has 2 aromatic carbocycles. The molecular weight excluding hydrogens is 305 g/mol. The highest BCUT2D eigenvalue weighted by Crippen LogP contribution is 2.36. The summed E-state index contributed by atoms with van der Waals surface area (Å²) in [5, 5.41) is 0.815. The molecule has 2 aromatic rings. The lowest BCUT2D eigenvalue weighted by Gasteiger charge is -2.23. The van der Waals surface area contributed by atoms with Gasteiger partial charge in [0.15, 0.2) is 0 Å². The van der Waals surface area contributed by atoms with Crippen LogP contribution in [0.25, 0.3) is 0 Å². The minimum Gasteiger partial charge on any atom is -0.326 e. The van der Waals surface area contributed by atoms with Crippen molar-refractivity contribution < 1.29 is 4.39 Å². The fraction of sp³-hybridized carbons (Fsp3) is 0.294. The van der Waals surface area contributed by atoms with E-state index >= 15 is 0 Å². The average Bonchev–Trinajstić information content (AvgIpc) is 2.49. The van der Waals surface area contributed by atoms with E-state index in [4.69, 9.17) is 17.3 Å². The lowest BCUT2D eigenvalue weighted by molar-refractivity contribution is 0.610. The number of benzene rings is 2. The standard InChI is InChI=1S/C17H19ClFNS/c1-2-16(20)17(12-7-5-8-14(19)10-12)21-11-13-6-3-4-9-15(13)18/h3-10,16-17H,2,11,20H2,1H3. The van der Waals surface area contributed by atoms with Crippen LogP contribution in [-0.2, 0) is 5.75 Å². The van der Waals surface area contributed by atoms with E-state index in [-0.39, 0.29) is 17.1 Å². The van der Waals surface area contributed by atoms with Crippen LogP contribution in [0.3, 0.4) is 0 Å². The van der Waals surface area contributed by atoms with Crippen LogP contribution in [0.4, 0.5) is 4.39 Å². The van der Waals surface area contributed by atoms with Crippen molar-refractivity contribution in [2.24, 2.45) is 5.73 Å². The molecule has 112 valence electrons. The lowest BCUT2D eigenvalue weighted by atomic mass is 10.0. The molecule has 1 nitrogen and oxygen atoms in total. The number of thioether (sulfide) groups is 1. The highest BCUT2D eigenvalue weighted by molar-refractivity contribution is 7.98. The Morgan fingerprint density at radius 2 is 1.95 bits per heavy atom. The van der Waals surface area contributed by atoms with Crippen molar-refractivity contribution in [3.63, 3.8) is 0 Å². The molecule has 2 N–H and O–H groups in total. The first-order valence-electron chi connectivity index (χ1n) is 6.98. The molecule has 0 spiro atoms. The van der Waals surface area contributed by atoms with Gasteiger partial charge in [0.1, 0.15) is 5.82 Å². The van der Waals surface area contributed by atoms with Gasteiger partial charge in [0, 0.05) is 22.1 Å². The molecule has 0 aliphatic rings. The summed E-state index contributed by atoms with van der Waals surface area (Å²) in [6.07, 6.45) is 0.844. The van der Waals surface area contributed by atoms with Gasteiger partial charge in [0.05, 0.1) is 0 Å². The number of hydrogen-bond acceptors (Lipinski definition) is 2. The average molecular weight is 324 g/mol. The van der Waals surface area contributed by atoms with Gasteiger partial charge in [-0.3, -0.25) is 0 Å². The summed E-state index contributed by atoms with van der Waals surface area (Å²) in [6, 6.07) is 14.5. The Kier molecular flexibility index (Phi) is 6.09. The monoisotopic (exact) mass is 323 g/mol. The van der Waals surface area contributed by atoms with E-state index in [2.05, 4.69) is 0 Å². The van der Waals surface area contributed by atoms with Gasteiger partial charge >= 0.3 is 0 Å². The number of nitrogens with two attached hydrogens (primary N) is 1. The van der Waals surface area contributed by atoms with Gasteiger partial charge in [-0.15, -0.1) is 11.8 Å². The molecule has 2 atom stereocenters. The third-order valence-corrected chi connectivity index (χ3v) is 5.24. The maximum Gasteiger partial charge on any atom is 0.123 e. The van der Waals surface area contributed by atoms with Crippen LogP contribution >= 0.6 is 23.4 Å². The Morgan fingerprint density at radius 3 is 2.62 bits per heavy atom. The summed E-state index contributed by atoms with van der Waals surface area (Å²) < 4.78 is 13.5. The van der Waals surface area contributed by atoms with Gasteiger partial charge in [0.25, 0.3) is 0 Å². The summed E-state index contributed by atoms with van der Waals surface area (Å²) in [4.78, 5) is 0. The number of rotatable bonds is 6. The predicted octanol–water partition coefficient (Wildman–Crippen LogP) is 5.19. The summed E-state index contributed by atoms with van der Waals surface area (Å²) in [5.74, 6) is 0.535. The number of halogens is 2. The molecule has 0 aliphatic carbocycles. The Morgan fingerprint density at radius 1 is 1.19 bits per heavy atom. The predicted molar refractivity (Wildman–Crippen MR) is 90.2 cm³/mol. The zero-order valence-corrected chi connectivity index (χ0v) is 13.5. The molecule has 21 heavy (non-hydrogen) atoms. The summed E-state index contributed by atoms with van der Waals surface area (Å²) in [5.41, 5.74) is 8.23. The van der Waals surface area contributed by atoms with E-state index in [1.807, 2.05) is 37.3 Å². The highest BCUT2D eigenvalue weighted by Gasteiger charge is 2.20. The molecule has 0 aliphatic heterocycles. The van der Waals surface area contributed by atoms with Gasteiger partial charge in [-0.05, 0) is 35.7 Å². The topological polar surface area (TPSA) is 26.0 Å². The second-order valence-corrected chi connectivity index (χ2v) is 6.49. The van der Waals surface area contributed by atoms with Gasteiger partial charge < -0.3 is 5.73 Å². The largest absolute Gasteiger partial charge is 0.326 e. The maximum absolute atomic E-state index is 13.5. The van der Waals surface area contributed by atoms with Crippen molar-refractivity contribution in [3.8, 4) is 0 Å². The Hall–Kier alpha value is -1.03. The molecular formula is C17H19ClFNS. The van der Waals surface area contributed by atoms with Crippen LogP contribution < -0.4 is 5.73 Å². The molecule has 0 radical (unpaired) electrons. The van der Waals surface area contributed by atoms with Crippen molar-refractivity contribution in [1.29, 1.82) is 0 Å². The maximum atomic E-state index is 13.5. The minimum atomic E-state index is -0.223. The zero-order valence-electron chi connectivity index (χ0n) is 11.9. The van der Waals surface area contributed by atoms with Crippen LogP contribution in [0.15, 0.2) is 48.5 Å². The summed E-state index contributed by atoms with van der Waals surface area (Å²) in [6.45, 7) is 2.05. The Bertz CT molecular complexity index is 591. The Labute approximate surface area is 134 Å². The first-order chi connectivity index (χ1) is 10.1. The van der Waals surface area contributed by atoms with Crippen LogP contribution in [0.2, 0.25) is 5.02 Å². The van der Waals surface area contributed by atoms with E-state index in [9.17, 15) is 4.39 Å². The van der Waals surface area contributed by atoms with Crippen molar-refractivity contribution in [2.75, 3.05) is 0 Å². The van der Waals surface area contributed by atoms with Gasteiger partial charge in [-0.2, -0.15) is 0 Å². The van der Waals surface area contributed by atoms with Gasteiger partial charge in [0.2, 0.25) is 0 Å². The molecule has 2 rings (SSSR count). The first-order valence-corrected chi connectivity index (χ1v) is 8.40. The fourth-order valence-electron chi connectivity index (χ4n) is 2.16. The SMILES string of the molecule is CCC(N)C(SCc1ccccc1Cl)c1cccc(F)c1. The molecule has 0 aromatic heterocycles. The summed E-state index contributed by atoms with van der Waals surface area (Å²) >= 11 is 7.89. The molecule has 0 fully saturated rings. The fourth-order valence-corrected chi connectivity index (χ4v) is 3.83. The quantitative estimate of drug-likeness (QED) is 0.791. The third-order valence-electron chi connectivity index (χ3n) is 3.41. The van der Waals surface area contributed by atoms with Crippen LogP contribution in [-0.4, -0.2) is 6.04 Å². The zero-order chi connectivity index (χ0) is 15.2. The molecule has 0 heterocycles. The smallest absolute Gasteiger partial charge is 0.123 e. The van der Waals surface area contributed by atoms with Gasteiger partial charge in [-0.1, -0.05) is 48.9 Å². The first kappa shape index (κ1) is 16.3. The highest BCUT2D eigenvalue weighted by atomic mass is 35.5. The van der Waals surface area contributed by atoms with Crippen LogP contribution in [0, 0.1) is 5.82 Å². The Balaban J connectivity index is 2.16. The number of hydrogen-bond donors (Lipinski definition) is 1. The second-order valence-electron chi connectivity index (χ2n) is 4.95. The molecule has 0 saturated heterocycles. The van der Waals surface area contributed by atoms with E-state index < -0.39 is 0 Å². The molecule has 0 saturated carbocycles. The van der Waals surface area contributed by atoms with Gasteiger partial charge in [-0.25, -0.2) is 4.39 Å². The third kappa shape index (κ3) is 4.47. The molecule has 4 heteroatoms. The van der Waals surface area contributed by atoms with Crippen molar-refractivity contribution >= 4 is 23.4 Å². The van der Waals surface area contributed by atoms with E-state index in [1.54, 1.807) is 23.9 Å². The van der Waals surface area contributed by atoms with E-state index in [0.29, 0.717) is 0 Å². The lowest BCUT2D eigenvalue weighted by Crippen LogP contribution is -2.25. The van der Waals surface area contributed by atoms with Crippen molar-refractivity contribution in [1.82, 2.24) is 0 Å². The molecule has 0 amide bonds. The van der Waals surface area contributed by atoms with Crippen molar-refractivity contribution in [2.45, 2.75) is 30.4 Å². The summed E-state index contributed by atoms with van der Waals surface area (Å²) in [7, 11) is 0. The van der Waals surface area contributed by atoms with E-state index in [1.165, 1.54) is 6.07 Å². The van der Waals surface area contributed by atoms with E-state index in [0.717, 1.165) is 28.3 Å². The molecule has 2 unspecified atom stereocenters.